The van der Waals surface area contributed by atoms with Gasteiger partial charge in [0.25, 0.3) is 0 Å². The molecule has 184 valence electrons. The van der Waals surface area contributed by atoms with Gasteiger partial charge in [-0.2, -0.15) is 30.5 Å². The Bertz CT molecular complexity index is 771. The van der Waals surface area contributed by atoms with Crippen molar-refractivity contribution < 1.29 is 43.2 Å². The molecule has 0 aliphatic heterocycles. The van der Waals surface area contributed by atoms with E-state index in [2.05, 4.69) is 41.5 Å². The Balaban J connectivity index is 0. The topological polar surface area (TPSA) is 96.5 Å². The third-order valence-corrected chi connectivity index (χ3v) is 17.5. The first-order valence-electron chi connectivity index (χ1n) is 9.11. The molecule has 0 saturated heterocycles. The van der Waals surface area contributed by atoms with Gasteiger partial charge >= 0.3 is 11.0 Å². The van der Waals surface area contributed by atoms with Crippen LogP contribution in [0, 0.1) is 0 Å². The summed E-state index contributed by atoms with van der Waals surface area (Å²) in [5, 5.41) is 0. The number of alkyl halides is 6. The molecule has 0 bridgehead atoms. The van der Waals surface area contributed by atoms with Crippen LogP contribution in [0.4, 0.5) is 26.3 Å². The van der Waals surface area contributed by atoms with Crippen molar-refractivity contribution in [3.05, 3.63) is 4.13 Å². The van der Waals surface area contributed by atoms with Gasteiger partial charge in [-0.1, -0.05) is 41.5 Å². The third-order valence-electron chi connectivity index (χ3n) is 4.69. The lowest BCUT2D eigenvalue weighted by molar-refractivity contribution is -0.0444. The lowest BCUT2D eigenvalue weighted by Crippen LogP contribution is -2.30. The summed E-state index contributed by atoms with van der Waals surface area (Å²) in [5.74, 6) is 0. The van der Waals surface area contributed by atoms with Gasteiger partial charge in [-0.15, -0.1) is 0 Å². The van der Waals surface area contributed by atoms with Gasteiger partial charge < -0.3 is 4.13 Å². The molecule has 0 aliphatic rings. The fourth-order valence-electron chi connectivity index (χ4n) is 2.34. The molecular formula is C14H30F6N2O4P2S2. The number of nitrogens with zero attached hydrogens (tertiary/aromatic N) is 2. The zero-order valence-electron chi connectivity index (χ0n) is 17.7. The van der Waals surface area contributed by atoms with Gasteiger partial charge in [0.15, 0.2) is 20.0 Å². The summed E-state index contributed by atoms with van der Waals surface area (Å²) in [5.41, 5.74) is -12.4. The van der Waals surface area contributed by atoms with Crippen molar-refractivity contribution >= 4 is 34.2 Å². The number of sulfonamides is 2. The van der Waals surface area contributed by atoms with Crippen LogP contribution in [0.25, 0.3) is 4.13 Å². The van der Waals surface area contributed by atoms with Crippen LogP contribution in [0.5, 0.6) is 0 Å². The molecule has 6 nitrogen and oxygen atoms in total. The third kappa shape index (κ3) is 8.87. The maximum Gasteiger partial charge on any atom is 0.480 e. The minimum absolute atomic E-state index is 0.778. The molecule has 0 heterocycles. The van der Waals surface area contributed by atoms with E-state index in [1.54, 1.807) is 0 Å². The Morgan fingerprint density at radius 2 is 0.800 bits per heavy atom. The zero-order valence-corrected chi connectivity index (χ0v) is 21.2. The Hall–Kier alpha value is 0.0100. The Morgan fingerprint density at radius 1 is 0.600 bits per heavy atom. The summed E-state index contributed by atoms with van der Waals surface area (Å²) >= 11 is 0. The van der Waals surface area contributed by atoms with E-state index >= 15 is 0 Å². The van der Waals surface area contributed by atoms with Crippen LogP contribution < -0.4 is 4.17 Å². The van der Waals surface area contributed by atoms with Gasteiger partial charge in [0.05, 0.1) is 0 Å². The molecule has 0 aliphatic carbocycles. The summed E-state index contributed by atoms with van der Waals surface area (Å²) in [6.07, 6.45) is 7.93. The quantitative estimate of drug-likeness (QED) is 0.231. The van der Waals surface area contributed by atoms with E-state index in [0.29, 0.717) is 0 Å². The van der Waals surface area contributed by atoms with Gasteiger partial charge in [0, 0.05) is 37.0 Å². The number of halogens is 6. The predicted molar refractivity (Wildman–Crippen MR) is 113 cm³/mol. The Morgan fingerprint density at radius 3 is 0.933 bits per heavy atom. The van der Waals surface area contributed by atoms with Gasteiger partial charge in [-0.25, -0.2) is 16.8 Å². The molecule has 0 aromatic carbocycles. The standard InChI is InChI=1S/C12H30NP2.C2F6NO4S2/c1-7-14(8-2,9-3)13-15(10-4,11-5)12-6;3-1(4,5)14(10,11)9-15(12,13)2(6,7)8/h7-12H2,1-6H3;/q+1;-1. The predicted octanol–water partition coefficient (Wildman–Crippen LogP) is 5.63. The molecule has 16 heteroatoms. The smallest absolute Gasteiger partial charge is 0.421 e. The van der Waals surface area contributed by atoms with Crippen molar-refractivity contribution in [2.75, 3.05) is 37.0 Å². The second kappa shape index (κ2) is 11.8. The maximum absolute atomic E-state index is 11.4. The van der Waals surface area contributed by atoms with E-state index in [0.717, 1.165) is 4.13 Å². The minimum Gasteiger partial charge on any atom is -0.421 e. The molecule has 0 radical (unpaired) electrons. The molecule has 0 saturated carbocycles. The van der Waals surface area contributed by atoms with Crippen LogP contribution in [0.3, 0.4) is 0 Å². The lowest BCUT2D eigenvalue weighted by atomic mass is 10.9. The van der Waals surface area contributed by atoms with Crippen LogP contribution in [0.1, 0.15) is 41.5 Å². The fraction of sp³-hybridized carbons (Fsp3) is 1.00. The molecule has 30 heavy (non-hydrogen) atoms. The highest BCUT2D eigenvalue weighted by molar-refractivity contribution is 8.13. The molecule has 0 atom stereocenters. The molecule has 0 aromatic heterocycles. The van der Waals surface area contributed by atoms with Crippen molar-refractivity contribution in [2.45, 2.75) is 52.6 Å². The van der Waals surface area contributed by atoms with Crippen molar-refractivity contribution in [1.29, 1.82) is 0 Å². The van der Waals surface area contributed by atoms with E-state index in [-0.39, 0.29) is 0 Å². The average Bonchev–Trinajstić information content (AvgIpc) is 2.62. The van der Waals surface area contributed by atoms with Crippen molar-refractivity contribution in [3.8, 4) is 0 Å². The minimum atomic E-state index is -6.72. The van der Waals surface area contributed by atoms with Crippen LogP contribution >= 0.6 is 14.1 Å². The first-order chi connectivity index (χ1) is 13.3. The summed E-state index contributed by atoms with van der Waals surface area (Å²) in [4.78, 5) is 0. The first kappa shape index (κ1) is 32.2. The van der Waals surface area contributed by atoms with Crippen molar-refractivity contribution in [1.82, 2.24) is 4.17 Å². The van der Waals surface area contributed by atoms with Crippen LogP contribution in [-0.2, 0) is 20.0 Å². The molecule has 0 spiro atoms. The Kier molecular flexibility index (Phi) is 12.6. The van der Waals surface area contributed by atoms with Crippen LogP contribution in [0.2, 0.25) is 0 Å². The number of rotatable bonds is 8. The monoisotopic (exact) mass is 530 g/mol. The second-order valence-corrected chi connectivity index (χ2v) is 18.4. The average molecular weight is 530 g/mol. The zero-order chi connectivity index (χ0) is 24.7. The van der Waals surface area contributed by atoms with E-state index in [1.165, 1.54) is 37.0 Å². The van der Waals surface area contributed by atoms with E-state index in [9.17, 15) is 43.2 Å². The lowest BCUT2D eigenvalue weighted by Gasteiger charge is -2.22. The van der Waals surface area contributed by atoms with E-state index < -0.39 is 45.2 Å². The summed E-state index contributed by atoms with van der Waals surface area (Å²) in [7, 11) is -15.3. The highest BCUT2D eigenvalue weighted by atomic mass is 32.3. The molecule has 0 amide bonds. The summed E-state index contributed by atoms with van der Waals surface area (Å²) in [6, 6.07) is 0. The fourth-order valence-corrected chi connectivity index (χ4v) is 13.0. The van der Waals surface area contributed by atoms with Gasteiger partial charge in [-0.05, 0) is 0 Å². The maximum atomic E-state index is 11.4. The van der Waals surface area contributed by atoms with Crippen LogP contribution in [-0.4, -0.2) is 64.8 Å². The highest BCUT2D eigenvalue weighted by Crippen LogP contribution is 2.52. The molecule has 0 N–H and O–H groups in total. The molecular weight excluding hydrogens is 500 g/mol. The SMILES string of the molecule is CCP(CC)(CC)=[N+]=P(CC)(CC)CC.O=S(=O)([N-]S(=O)(=O)C(F)(F)F)C(F)(F)F. The van der Waals surface area contributed by atoms with Gasteiger partial charge in [0.1, 0.15) is 0 Å². The van der Waals surface area contributed by atoms with Crippen LogP contribution in [0.15, 0.2) is 0 Å². The Labute approximate surface area is 175 Å². The van der Waals surface area contributed by atoms with Gasteiger partial charge in [-0.3, -0.25) is 0 Å². The van der Waals surface area contributed by atoms with E-state index in [1.807, 2.05) is 0 Å². The molecule has 0 aromatic rings. The number of hydrogen-bond donors (Lipinski definition) is 0. The molecule has 0 fully saturated rings. The second-order valence-electron chi connectivity index (χ2n) is 6.09. The number of hydrogen-bond acceptors (Lipinski definition) is 4. The molecule has 0 unspecified atom stereocenters. The van der Waals surface area contributed by atoms with E-state index in [4.69, 9.17) is 4.17 Å². The summed E-state index contributed by atoms with van der Waals surface area (Å²) in [6.45, 7) is 14.1. The summed E-state index contributed by atoms with van der Waals surface area (Å²) < 4.78 is 115. The van der Waals surface area contributed by atoms with Crippen molar-refractivity contribution in [2.24, 2.45) is 0 Å². The largest absolute Gasteiger partial charge is 0.480 e. The first-order valence-corrected chi connectivity index (χ1v) is 16.6. The van der Waals surface area contributed by atoms with Crippen molar-refractivity contribution in [3.63, 3.8) is 0 Å². The molecule has 0 rings (SSSR count). The normalized spacial score (nSPS) is 14.0. The highest BCUT2D eigenvalue weighted by Gasteiger charge is 2.46. The van der Waals surface area contributed by atoms with Gasteiger partial charge in [0.2, 0.25) is 14.1 Å².